The molecule has 0 radical (unpaired) electrons. The first-order valence-corrected chi connectivity index (χ1v) is 20.5. The average Bonchev–Trinajstić information content (AvgIpc) is 3.16. The number of nitrogens with one attached hydrogen (secondary N) is 5. The Morgan fingerprint density at radius 1 is 0.768 bits per heavy atom. The molecule has 0 bridgehead atoms. The molecule has 0 aromatic heterocycles. The number of carbonyl (C=O) groups excluding carboxylic acids is 5. The molecule has 56 heavy (non-hydrogen) atoms. The largest absolute Gasteiger partial charge is 0.508 e. The van der Waals surface area contributed by atoms with Gasteiger partial charge in [0.05, 0.1) is 6.54 Å². The van der Waals surface area contributed by atoms with E-state index < -0.39 is 53.7 Å². The number of phenolic OH excluding ortho intramolecular Hbond substituents is 1. The van der Waals surface area contributed by atoms with Gasteiger partial charge < -0.3 is 54.6 Å². The van der Waals surface area contributed by atoms with Gasteiger partial charge in [0.2, 0.25) is 29.5 Å². The molecule has 1 heterocycles. The van der Waals surface area contributed by atoms with E-state index in [1.54, 1.807) is 24.3 Å². The highest BCUT2D eigenvalue weighted by Crippen LogP contribution is 2.24. The summed E-state index contributed by atoms with van der Waals surface area (Å²) in [5.41, 5.74) is 23.4. The van der Waals surface area contributed by atoms with E-state index in [1.165, 1.54) is 21.6 Å². The van der Waals surface area contributed by atoms with Gasteiger partial charge in [-0.2, -0.15) is 0 Å². The number of aliphatic imine (C=N–C) groups is 2. The van der Waals surface area contributed by atoms with E-state index in [1.807, 2.05) is 42.5 Å². The van der Waals surface area contributed by atoms with Crippen LogP contribution in [0.3, 0.4) is 0 Å². The zero-order chi connectivity index (χ0) is 40.5. The molecule has 3 aromatic carbocycles. The number of rotatable bonds is 14. The Balaban J connectivity index is 1.61. The molecule has 5 amide bonds. The van der Waals surface area contributed by atoms with Crippen LogP contribution in [0.15, 0.2) is 76.7 Å². The fraction of sp³-hybridized carbons (Fsp3) is 0.378. The third-order valence-electron chi connectivity index (χ3n) is 8.58. The van der Waals surface area contributed by atoms with Gasteiger partial charge in [-0.05, 0) is 53.3 Å². The fourth-order valence-electron chi connectivity index (χ4n) is 5.67. The summed E-state index contributed by atoms with van der Waals surface area (Å²) in [4.78, 5) is 76.1. The van der Waals surface area contributed by atoms with Crippen LogP contribution in [-0.2, 0) is 36.8 Å². The van der Waals surface area contributed by atoms with Crippen molar-refractivity contribution >= 4 is 73.8 Å². The molecule has 0 aliphatic carbocycles. The summed E-state index contributed by atoms with van der Waals surface area (Å²) in [5, 5.41) is 25.5. The summed E-state index contributed by atoms with van der Waals surface area (Å²) in [6.07, 6.45) is 0.834. The van der Waals surface area contributed by atoms with Gasteiger partial charge in [0, 0.05) is 37.4 Å². The summed E-state index contributed by atoms with van der Waals surface area (Å²) in [6, 6.07) is 15.6. The Hall–Kier alpha value is -5.69. The number of guanidine groups is 2. The molecular weight excluding hydrogens is 759 g/mol. The number of benzene rings is 3. The number of phenols is 1. The summed E-state index contributed by atoms with van der Waals surface area (Å²) >= 11 is 0. The fourth-order valence-corrected chi connectivity index (χ4v) is 7.99. The SMILES string of the molecule is NC(N)=NCCC[C@H]1NC(=O)[C@H](NC(=O)CCN=C(N)N)CSSC[C@@H](C(=O)NCCc2ccc(O)cc2)NC(=O)[C@H](Cc2ccc3ccccc3c2)NC1=O. The lowest BCUT2D eigenvalue weighted by Gasteiger charge is -2.27. The predicted molar refractivity (Wildman–Crippen MR) is 220 cm³/mol. The van der Waals surface area contributed by atoms with Crippen LogP contribution in [0.25, 0.3) is 10.8 Å². The van der Waals surface area contributed by atoms with Gasteiger partial charge in [-0.25, -0.2) is 0 Å². The van der Waals surface area contributed by atoms with Crippen LogP contribution in [-0.4, -0.2) is 102 Å². The van der Waals surface area contributed by atoms with Crippen molar-refractivity contribution < 1.29 is 29.1 Å². The summed E-state index contributed by atoms with van der Waals surface area (Å²) in [7, 11) is 2.44. The molecule has 1 aliphatic rings. The van der Waals surface area contributed by atoms with E-state index >= 15 is 0 Å². The van der Waals surface area contributed by atoms with Gasteiger partial charge in [0.15, 0.2) is 11.9 Å². The summed E-state index contributed by atoms with van der Waals surface area (Å²) in [5.74, 6) is -2.86. The van der Waals surface area contributed by atoms with Crippen LogP contribution >= 0.6 is 21.6 Å². The minimum absolute atomic E-state index is 0.00204. The number of amides is 5. The molecule has 1 aliphatic heterocycles. The van der Waals surface area contributed by atoms with Crippen molar-refractivity contribution in [2.75, 3.05) is 31.1 Å². The van der Waals surface area contributed by atoms with E-state index in [2.05, 4.69) is 36.6 Å². The maximum Gasteiger partial charge on any atom is 0.244 e. The normalized spacial score (nSPS) is 19.3. The van der Waals surface area contributed by atoms with Crippen molar-refractivity contribution in [3.63, 3.8) is 0 Å². The third kappa shape index (κ3) is 14.5. The number of hydrogen-bond donors (Lipinski definition) is 10. The average molecular weight is 808 g/mol. The highest BCUT2D eigenvalue weighted by atomic mass is 33.1. The van der Waals surface area contributed by atoms with Gasteiger partial charge in [-0.15, -0.1) is 0 Å². The molecular formula is C37H49N11O6S2. The minimum Gasteiger partial charge on any atom is -0.508 e. The Morgan fingerprint density at radius 3 is 2.14 bits per heavy atom. The van der Waals surface area contributed by atoms with Gasteiger partial charge in [-0.1, -0.05) is 76.2 Å². The lowest BCUT2D eigenvalue weighted by molar-refractivity contribution is -0.134. The number of hydrogen-bond acceptors (Lipinski definition) is 10. The first-order valence-electron chi connectivity index (χ1n) is 18.0. The summed E-state index contributed by atoms with van der Waals surface area (Å²) < 4.78 is 0. The van der Waals surface area contributed by atoms with Crippen molar-refractivity contribution in [3.05, 3.63) is 77.9 Å². The molecule has 0 spiro atoms. The van der Waals surface area contributed by atoms with Gasteiger partial charge in [0.1, 0.15) is 29.9 Å². The molecule has 4 atom stereocenters. The molecule has 0 unspecified atom stereocenters. The highest BCUT2D eigenvalue weighted by molar-refractivity contribution is 8.76. The maximum atomic E-state index is 14.1. The Labute approximate surface area is 332 Å². The number of aromatic hydroxyl groups is 1. The van der Waals surface area contributed by atoms with Gasteiger partial charge in [0.25, 0.3) is 0 Å². The monoisotopic (exact) mass is 807 g/mol. The topological polar surface area (TPSA) is 295 Å². The molecule has 1 fully saturated rings. The van der Waals surface area contributed by atoms with Crippen molar-refractivity contribution in [1.82, 2.24) is 26.6 Å². The summed E-state index contributed by atoms with van der Waals surface area (Å²) in [6.45, 7) is 0.423. The van der Waals surface area contributed by atoms with Crippen molar-refractivity contribution in [2.24, 2.45) is 32.9 Å². The van der Waals surface area contributed by atoms with Crippen LogP contribution < -0.4 is 49.5 Å². The molecule has 300 valence electrons. The number of nitrogens with two attached hydrogens (primary N) is 4. The van der Waals surface area contributed by atoms with E-state index in [-0.39, 0.29) is 68.1 Å². The molecule has 14 N–H and O–H groups in total. The van der Waals surface area contributed by atoms with Crippen LogP contribution in [0.1, 0.15) is 30.4 Å². The Morgan fingerprint density at radius 2 is 1.41 bits per heavy atom. The second kappa shape index (κ2) is 22.0. The van der Waals surface area contributed by atoms with Crippen molar-refractivity contribution in [2.45, 2.75) is 56.3 Å². The zero-order valence-corrected chi connectivity index (χ0v) is 32.4. The van der Waals surface area contributed by atoms with Crippen molar-refractivity contribution in [3.8, 4) is 5.75 Å². The van der Waals surface area contributed by atoms with E-state index in [0.717, 1.165) is 21.9 Å². The molecule has 4 rings (SSSR count). The van der Waals surface area contributed by atoms with Crippen LogP contribution in [0.2, 0.25) is 0 Å². The van der Waals surface area contributed by atoms with E-state index in [0.29, 0.717) is 12.8 Å². The molecule has 1 saturated heterocycles. The van der Waals surface area contributed by atoms with Crippen molar-refractivity contribution in [1.29, 1.82) is 0 Å². The first-order chi connectivity index (χ1) is 26.9. The third-order valence-corrected chi connectivity index (χ3v) is 11.0. The lowest BCUT2D eigenvalue weighted by Crippen LogP contribution is -2.59. The van der Waals surface area contributed by atoms with Crippen LogP contribution in [0.4, 0.5) is 0 Å². The lowest BCUT2D eigenvalue weighted by atomic mass is 10.00. The standard InChI is InChI=1S/C37H49N11O6S2/c38-36(39)43-15-3-6-27-33(52)47-28(19-23-7-10-24-4-1-2-5-25(24)18-23)34(53)48-29(32(51)42-16-13-22-8-11-26(49)12-9-22)20-55-56-21-30(35(54)46-27)45-31(50)14-17-44-37(40)41/h1-2,4-5,7-12,18,27-30,49H,3,6,13-17,19-21H2,(H,42,51)(H,45,50)(H,46,54)(H,47,52)(H,48,53)(H4,38,39,43)(H4,40,41,44)/t27-,28+,29+,30-/m1/s1. The van der Waals surface area contributed by atoms with Gasteiger partial charge in [-0.3, -0.25) is 34.0 Å². The molecule has 19 heteroatoms. The second-order valence-corrected chi connectivity index (χ2v) is 15.5. The van der Waals surface area contributed by atoms with Crippen LogP contribution in [0, 0.1) is 0 Å². The second-order valence-electron chi connectivity index (χ2n) is 13.0. The molecule has 0 saturated carbocycles. The Bertz CT molecular complexity index is 1890. The maximum absolute atomic E-state index is 14.1. The highest BCUT2D eigenvalue weighted by Gasteiger charge is 2.32. The number of carbonyl (C=O) groups is 5. The Kier molecular flexibility index (Phi) is 16.9. The minimum atomic E-state index is -1.15. The molecule has 3 aromatic rings. The number of fused-ring (bicyclic) bond motifs is 1. The first kappa shape index (κ1) is 43.0. The predicted octanol–water partition coefficient (Wildman–Crippen LogP) is -0.502. The zero-order valence-electron chi connectivity index (χ0n) is 30.7. The van der Waals surface area contributed by atoms with Crippen LogP contribution in [0.5, 0.6) is 5.75 Å². The van der Waals surface area contributed by atoms with E-state index in [9.17, 15) is 29.1 Å². The quantitative estimate of drug-likeness (QED) is 0.0427. The smallest absolute Gasteiger partial charge is 0.244 e. The molecule has 17 nitrogen and oxygen atoms in total. The van der Waals surface area contributed by atoms with E-state index in [4.69, 9.17) is 22.9 Å². The van der Waals surface area contributed by atoms with Gasteiger partial charge >= 0.3 is 0 Å². The number of nitrogens with zero attached hydrogens (tertiary/aromatic N) is 2.